The van der Waals surface area contributed by atoms with Gasteiger partial charge in [0, 0.05) is 6.04 Å². The monoisotopic (exact) mass is 279 g/mol. The predicted molar refractivity (Wildman–Crippen MR) is 71.6 cm³/mol. The molecule has 0 radical (unpaired) electrons. The maximum atomic E-state index is 12.8. The lowest BCUT2D eigenvalue weighted by atomic mass is 9.85. The van der Waals surface area contributed by atoms with Gasteiger partial charge in [-0.2, -0.15) is 0 Å². The average molecular weight is 279 g/mol. The quantitative estimate of drug-likeness (QED) is 0.887. The van der Waals surface area contributed by atoms with Gasteiger partial charge in [-0.05, 0) is 37.5 Å². The van der Waals surface area contributed by atoms with Gasteiger partial charge in [-0.15, -0.1) is 0 Å². The Morgan fingerprint density at radius 3 is 2.65 bits per heavy atom. The summed E-state index contributed by atoms with van der Waals surface area (Å²) >= 11 is 0. The zero-order valence-corrected chi connectivity index (χ0v) is 11.4. The van der Waals surface area contributed by atoms with Crippen LogP contribution in [-0.2, 0) is 16.0 Å². The van der Waals surface area contributed by atoms with E-state index < -0.39 is 11.4 Å². The molecule has 4 nitrogen and oxygen atoms in total. The van der Waals surface area contributed by atoms with Gasteiger partial charge < -0.3 is 10.4 Å². The van der Waals surface area contributed by atoms with Crippen LogP contribution in [0.15, 0.2) is 24.3 Å². The Morgan fingerprint density at radius 1 is 1.40 bits per heavy atom. The fourth-order valence-corrected chi connectivity index (χ4v) is 2.69. The lowest BCUT2D eigenvalue weighted by Gasteiger charge is -2.27. The number of halogens is 1. The number of carbonyl (C=O) groups is 2. The molecule has 0 bridgehead atoms. The molecule has 1 aliphatic rings. The number of nitrogens with one attached hydrogen (secondary N) is 1. The summed E-state index contributed by atoms with van der Waals surface area (Å²) in [4.78, 5) is 23.3. The summed E-state index contributed by atoms with van der Waals surface area (Å²) in [6, 6.07) is 5.38. The van der Waals surface area contributed by atoms with E-state index >= 15 is 0 Å². The number of benzene rings is 1. The summed E-state index contributed by atoms with van der Waals surface area (Å²) in [7, 11) is 0. The van der Waals surface area contributed by atoms with E-state index in [1.54, 1.807) is 19.1 Å². The highest BCUT2D eigenvalue weighted by Gasteiger charge is 2.45. The highest BCUT2D eigenvalue weighted by atomic mass is 19.1. The second-order valence-corrected chi connectivity index (χ2v) is 5.54. The Morgan fingerprint density at radius 2 is 2.05 bits per heavy atom. The first kappa shape index (κ1) is 14.5. The highest BCUT2D eigenvalue weighted by Crippen LogP contribution is 2.38. The third kappa shape index (κ3) is 2.98. The third-order valence-electron chi connectivity index (χ3n) is 4.06. The van der Waals surface area contributed by atoms with Crippen molar-refractivity contribution in [3.05, 3.63) is 35.6 Å². The third-order valence-corrected chi connectivity index (χ3v) is 4.06. The molecule has 2 N–H and O–H groups in total. The molecule has 0 heterocycles. The van der Waals surface area contributed by atoms with Gasteiger partial charge in [0.2, 0.25) is 5.91 Å². The molecule has 0 aromatic heterocycles. The number of aliphatic carboxylic acids is 1. The number of carboxylic acid groups (broad SMARTS) is 1. The maximum absolute atomic E-state index is 12.8. The van der Waals surface area contributed by atoms with Gasteiger partial charge in [0.1, 0.15) is 5.82 Å². The predicted octanol–water partition coefficient (Wildman–Crippen LogP) is 2.13. The molecule has 1 amide bonds. The zero-order valence-electron chi connectivity index (χ0n) is 11.4. The lowest BCUT2D eigenvalue weighted by molar-refractivity contribution is -0.149. The van der Waals surface area contributed by atoms with Gasteiger partial charge in [0.25, 0.3) is 0 Å². The van der Waals surface area contributed by atoms with Crippen molar-refractivity contribution in [2.24, 2.45) is 5.41 Å². The van der Waals surface area contributed by atoms with Crippen molar-refractivity contribution in [1.82, 2.24) is 5.32 Å². The van der Waals surface area contributed by atoms with E-state index in [-0.39, 0.29) is 24.2 Å². The summed E-state index contributed by atoms with van der Waals surface area (Å²) in [6.45, 7) is 1.67. The fourth-order valence-electron chi connectivity index (χ4n) is 2.69. The molecule has 1 saturated carbocycles. The number of carbonyl (C=O) groups excluding carboxylic acids is 1. The van der Waals surface area contributed by atoms with Crippen LogP contribution in [0.5, 0.6) is 0 Å². The molecule has 0 spiro atoms. The first-order valence-corrected chi connectivity index (χ1v) is 6.69. The molecule has 2 unspecified atom stereocenters. The van der Waals surface area contributed by atoms with E-state index in [1.165, 1.54) is 12.1 Å². The van der Waals surface area contributed by atoms with Gasteiger partial charge in [0.15, 0.2) is 0 Å². The summed E-state index contributed by atoms with van der Waals surface area (Å²) in [5, 5.41) is 12.1. The van der Waals surface area contributed by atoms with Crippen molar-refractivity contribution in [3.8, 4) is 0 Å². The van der Waals surface area contributed by atoms with E-state index in [0.717, 1.165) is 6.42 Å². The van der Waals surface area contributed by atoms with Crippen LogP contribution in [0.4, 0.5) is 4.39 Å². The number of rotatable bonds is 4. The Hall–Kier alpha value is -1.91. The number of carboxylic acids is 1. The smallest absolute Gasteiger partial charge is 0.311 e. The van der Waals surface area contributed by atoms with Gasteiger partial charge in [-0.1, -0.05) is 18.6 Å². The maximum Gasteiger partial charge on any atom is 0.311 e. The minimum Gasteiger partial charge on any atom is -0.481 e. The first-order chi connectivity index (χ1) is 9.41. The molecule has 20 heavy (non-hydrogen) atoms. The summed E-state index contributed by atoms with van der Waals surface area (Å²) < 4.78 is 12.8. The van der Waals surface area contributed by atoms with E-state index in [1.807, 2.05) is 0 Å². The number of hydrogen-bond acceptors (Lipinski definition) is 2. The van der Waals surface area contributed by atoms with E-state index in [4.69, 9.17) is 0 Å². The van der Waals surface area contributed by atoms with Crippen molar-refractivity contribution in [2.45, 2.75) is 38.6 Å². The minimum atomic E-state index is -0.890. The number of amides is 1. The summed E-state index contributed by atoms with van der Waals surface area (Å²) in [5.74, 6) is -1.44. The Labute approximate surface area is 117 Å². The van der Waals surface area contributed by atoms with Crippen LogP contribution < -0.4 is 5.32 Å². The normalized spacial score (nSPS) is 25.4. The van der Waals surface area contributed by atoms with Crippen LogP contribution in [0.25, 0.3) is 0 Å². The Balaban J connectivity index is 1.98. The van der Waals surface area contributed by atoms with Crippen LogP contribution in [0.1, 0.15) is 31.7 Å². The van der Waals surface area contributed by atoms with Crippen molar-refractivity contribution >= 4 is 11.9 Å². The largest absolute Gasteiger partial charge is 0.481 e. The molecule has 2 rings (SSSR count). The fraction of sp³-hybridized carbons (Fsp3) is 0.467. The highest BCUT2D eigenvalue weighted by molar-refractivity contribution is 5.81. The molecule has 1 aromatic rings. The molecule has 0 saturated heterocycles. The van der Waals surface area contributed by atoms with E-state index in [2.05, 4.69) is 5.32 Å². The molecule has 108 valence electrons. The van der Waals surface area contributed by atoms with Crippen molar-refractivity contribution < 1.29 is 19.1 Å². The van der Waals surface area contributed by atoms with Crippen LogP contribution in [-0.4, -0.2) is 23.0 Å². The molecule has 1 fully saturated rings. The van der Waals surface area contributed by atoms with Crippen molar-refractivity contribution in [1.29, 1.82) is 0 Å². The molecular formula is C15H18FNO3. The first-order valence-electron chi connectivity index (χ1n) is 6.69. The zero-order chi connectivity index (χ0) is 14.8. The van der Waals surface area contributed by atoms with Crippen LogP contribution >= 0.6 is 0 Å². The lowest BCUT2D eigenvalue weighted by Crippen LogP contribution is -2.47. The van der Waals surface area contributed by atoms with Crippen LogP contribution in [0.3, 0.4) is 0 Å². The topological polar surface area (TPSA) is 66.4 Å². The van der Waals surface area contributed by atoms with Gasteiger partial charge in [-0.25, -0.2) is 4.39 Å². The molecule has 1 aliphatic carbocycles. The SMILES string of the molecule is CC1(C(=O)O)CCCC1NC(=O)Cc1ccc(F)cc1. The Bertz CT molecular complexity index is 514. The minimum absolute atomic E-state index is 0.131. The van der Waals surface area contributed by atoms with E-state index in [0.29, 0.717) is 18.4 Å². The van der Waals surface area contributed by atoms with Crippen molar-refractivity contribution in [3.63, 3.8) is 0 Å². The summed E-state index contributed by atoms with van der Waals surface area (Å²) in [5.41, 5.74) is -0.183. The van der Waals surface area contributed by atoms with Gasteiger partial charge >= 0.3 is 5.97 Å². The van der Waals surface area contributed by atoms with Gasteiger partial charge in [-0.3, -0.25) is 9.59 Å². The molecule has 0 aliphatic heterocycles. The average Bonchev–Trinajstić information content (AvgIpc) is 2.75. The number of hydrogen-bond donors (Lipinski definition) is 2. The van der Waals surface area contributed by atoms with Crippen LogP contribution in [0.2, 0.25) is 0 Å². The Kier molecular flexibility index (Phi) is 4.06. The second kappa shape index (κ2) is 5.61. The molecule has 2 atom stereocenters. The molecule has 1 aromatic carbocycles. The summed E-state index contributed by atoms with van der Waals surface area (Å²) in [6.07, 6.45) is 2.18. The molecular weight excluding hydrogens is 261 g/mol. The second-order valence-electron chi connectivity index (χ2n) is 5.54. The van der Waals surface area contributed by atoms with Crippen molar-refractivity contribution in [2.75, 3.05) is 0 Å². The van der Waals surface area contributed by atoms with Crippen LogP contribution in [0, 0.1) is 11.2 Å². The van der Waals surface area contributed by atoms with E-state index in [9.17, 15) is 19.1 Å². The molecule has 5 heteroatoms. The van der Waals surface area contributed by atoms with Gasteiger partial charge in [0.05, 0.1) is 11.8 Å². The standard InChI is InChI=1S/C15H18FNO3/c1-15(14(19)20)8-2-3-12(15)17-13(18)9-10-4-6-11(16)7-5-10/h4-7,12H,2-3,8-9H2,1H3,(H,17,18)(H,19,20).